The number of rotatable bonds is 1. The van der Waals surface area contributed by atoms with Gasteiger partial charge in [0.2, 0.25) is 5.82 Å². The van der Waals surface area contributed by atoms with E-state index in [0.717, 1.165) is 6.07 Å². The lowest BCUT2D eigenvalue weighted by atomic mass is 9.66. The zero-order valence-electron chi connectivity index (χ0n) is 16.0. The predicted molar refractivity (Wildman–Crippen MR) is 102 cm³/mol. The number of fused-ring (bicyclic) bond motifs is 2. The molecule has 1 aliphatic rings. The lowest BCUT2D eigenvalue weighted by molar-refractivity contribution is -0.137. The summed E-state index contributed by atoms with van der Waals surface area (Å²) in [5, 5.41) is 8.40. The third-order valence-corrected chi connectivity index (χ3v) is 5.77. The third-order valence-electron chi connectivity index (χ3n) is 5.77. The van der Waals surface area contributed by atoms with E-state index in [1.165, 1.54) is 12.1 Å². The van der Waals surface area contributed by atoms with Crippen molar-refractivity contribution in [1.29, 1.82) is 0 Å². The molecule has 3 aromatic rings. The Morgan fingerprint density at radius 2 is 1.54 bits per heavy atom. The second kappa shape index (κ2) is 5.83. The van der Waals surface area contributed by atoms with Gasteiger partial charge in [0.25, 0.3) is 0 Å². The first-order chi connectivity index (χ1) is 13.0. The summed E-state index contributed by atoms with van der Waals surface area (Å²) < 4.78 is 40.0. The van der Waals surface area contributed by atoms with Crippen LogP contribution < -0.4 is 0 Å². The van der Waals surface area contributed by atoms with E-state index in [4.69, 9.17) is 4.99 Å². The summed E-state index contributed by atoms with van der Waals surface area (Å²) in [7, 11) is 0. The number of nitrogens with zero attached hydrogens (tertiary/aromatic N) is 4. The monoisotopic (exact) mass is 384 g/mol. The van der Waals surface area contributed by atoms with Crippen LogP contribution in [0, 0.1) is 0 Å². The molecule has 7 heteroatoms. The summed E-state index contributed by atoms with van der Waals surface area (Å²) in [6.45, 7) is 7.63. The maximum Gasteiger partial charge on any atom is 0.416 e. The molecule has 0 spiro atoms. The number of hydrogen-bond donors (Lipinski definition) is 0. The van der Waals surface area contributed by atoms with E-state index in [1.54, 1.807) is 6.07 Å². The Morgan fingerprint density at radius 1 is 0.857 bits per heavy atom. The van der Waals surface area contributed by atoms with Crippen LogP contribution >= 0.6 is 0 Å². The molecule has 4 nitrogen and oxygen atoms in total. The molecule has 0 fully saturated rings. The Hall–Kier alpha value is -2.83. The molecule has 4 rings (SSSR count). The molecule has 0 saturated heterocycles. The fraction of sp³-hybridized carbons (Fsp3) is 0.333. The van der Waals surface area contributed by atoms with Gasteiger partial charge in [-0.25, -0.2) is 4.98 Å². The van der Waals surface area contributed by atoms with Gasteiger partial charge < -0.3 is 0 Å². The molecule has 0 bridgehead atoms. The molecular formula is C21H19F3N4. The predicted octanol–water partition coefficient (Wildman–Crippen LogP) is 4.95. The molecule has 0 amide bonds. The van der Waals surface area contributed by atoms with Crippen LogP contribution in [-0.4, -0.2) is 26.4 Å². The number of aliphatic imine (C=N–C) groups is 1. The molecular weight excluding hydrogens is 365 g/mol. The molecule has 0 N–H and O–H groups in total. The highest BCUT2D eigenvalue weighted by Crippen LogP contribution is 2.45. The molecule has 1 aliphatic heterocycles. The second-order valence-electron chi connectivity index (χ2n) is 8.03. The molecule has 28 heavy (non-hydrogen) atoms. The van der Waals surface area contributed by atoms with Gasteiger partial charge in [0.05, 0.1) is 16.6 Å². The zero-order chi connectivity index (χ0) is 20.3. The minimum atomic E-state index is -4.41. The summed E-state index contributed by atoms with van der Waals surface area (Å²) >= 11 is 0. The standard InChI is InChI=1S/C21H19F3N4/c1-19(2)14-11-12(21(22,23)24)9-10-13(14)17(26-20(19,3)4)18-25-15-7-5-6-8-16(15)27-28-18/h5-11H,1-4H3. The Kier molecular flexibility index (Phi) is 3.86. The van der Waals surface area contributed by atoms with Gasteiger partial charge in [0.1, 0.15) is 11.2 Å². The topological polar surface area (TPSA) is 51.0 Å². The quantitative estimate of drug-likeness (QED) is 0.596. The Bertz CT molecular complexity index is 1110. The van der Waals surface area contributed by atoms with E-state index in [9.17, 15) is 13.2 Å². The summed E-state index contributed by atoms with van der Waals surface area (Å²) in [4.78, 5) is 9.40. The molecule has 1 aromatic heterocycles. The van der Waals surface area contributed by atoms with Gasteiger partial charge in [-0.05, 0) is 43.7 Å². The van der Waals surface area contributed by atoms with Crippen molar-refractivity contribution in [3.63, 3.8) is 0 Å². The van der Waals surface area contributed by atoms with Crippen LogP contribution in [0.25, 0.3) is 11.0 Å². The van der Waals surface area contributed by atoms with Gasteiger partial charge in [-0.3, -0.25) is 4.99 Å². The highest BCUT2D eigenvalue weighted by atomic mass is 19.4. The summed E-state index contributed by atoms with van der Waals surface area (Å²) in [6, 6.07) is 11.1. The van der Waals surface area contributed by atoms with Crippen molar-refractivity contribution in [2.24, 2.45) is 4.99 Å². The van der Waals surface area contributed by atoms with Gasteiger partial charge in [-0.15, -0.1) is 10.2 Å². The molecule has 2 aromatic carbocycles. The summed E-state index contributed by atoms with van der Waals surface area (Å²) in [5.41, 5.74) is 1.01. The lowest BCUT2D eigenvalue weighted by Gasteiger charge is -2.44. The summed E-state index contributed by atoms with van der Waals surface area (Å²) in [5.74, 6) is 0.309. The highest BCUT2D eigenvalue weighted by molar-refractivity contribution is 6.13. The van der Waals surface area contributed by atoms with E-state index < -0.39 is 22.7 Å². The summed E-state index contributed by atoms with van der Waals surface area (Å²) in [6.07, 6.45) is -4.41. The molecule has 0 atom stereocenters. The van der Waals surface area contributed by atoms with Crippen LogP contribution in [0.15, 0.2) is 47.5 Å². The first kappa shape index (κ1) is 18.5. The molecule has 0 unspecified atom stereocenters. The normalized spacial score (nSPS) is 17.9. The van der Waals surface area contributed by atoms with Crippen molar-refractivity contribution in [3.8, 4) is 0 Å². The smallest absolute Gasteiger partial charge is 0.274 e. The van der Waals surface area contributed by atoms with Crippen LogP contribution in [0.2, 0.25) is 0 Å². The molecule has 144 valence electrons. The minimum absolute atomic E-state index is 0.309. The maximum atomic E-state index is 13.3. The van der Waals surface area contributed by atoms with E-state index in [2.05, 4.69) is 15.2 Å². The van der Waals surface area contributed by atoms with Crippen molar-refractivity contribution in [1.82, 2.24) is 15.2 Å². The Labute approximate surface area is 160 Å². The van der Waals surface area contributed by atoms with E-state index in [1.807, 2.05) is 45.9 Å². The van der Waals surface area contributed by atoms with Crippen molar-refractivity contribution in [2.75, 3.05) is 0 Å². The third kappa shape index (κ3) is 2.77. The average Bonchev–Trinajstić information content (AvgIpc) is 2.63. The number of alkyl halides is 3. The van der Waals surface area contributed by atoms with Crippen molar-refractivity contribution >= 4 is 16.7 Å². The van der Waals surface area contributed by atoms with Crippen LogP contribution in [0.5, 0.6) is 0 Å². The zero-order valence-corrected chi connectivity index (χ0v) is 16.0. The van der Waals surface area contributed by atoms with E-state index in [-0.39, 0.29) is 0 Å². The van der Waals surface area contributed by atoms with Crippen LogP contribution in [0.3, 0.4) is 0 Å². The lowest BCUT2D eigenvalue weighted by Crippen LogP contribution is -2.46. The molecule has 0 aliphatic carbocycles. The van der Waals surface area contributed by atoms with Crippen LogP contribution in [0.1, 0.15) is 50.2 Å². The van der Waals surface area contributed by atoms with Gasteiger partial charge in [-0.1, -0.05) is 32.0 Å². The Morgan fingerprint density at radius 3 is 2.21 bits per heavy atom. The van der Waals surface area contributed by atoms with Gasteiger partial charge in [0.15, 0.2) is 0 Å². The number of aromatic nitrogens is 3. The van der Waals surface area contributed by atoms with E-state index >= 15 is 0 Å². The van der Waals surface area contributed by atoms with E-state index in [0.29, 0.717) is 33.7 Å². The first-order valence-electron chi connectivity index (χ1n) is 8.92. The first-order valence-corrected chi connectivity index (χ1v) is 8.92. The van der Waals surface area contributed by atoms with Crippen molar-refractivity contribution in [3.05, 3.63) is 65.0 Å². The molecule has 0 saturated carbocycles. The number of benzene rings is 2. The number of para-hydroxylation sites is 1. The van der Waals surface area contributed by atoms with Crippen LogP contribution in [-0.2, 0) is 11.6 Å². The fourth-order valence-corrected chi connectivity index (χ4v) is 3.40. The maximum absolute atomic E-state index is 13.3. The minimum Gasteiger partial charge on any atom is -0.274 e. The van der Waals surface area contributed by atoms with Crippen molar-refractivity contribution < 1.29 is 13.2 Å². The number of hydrogen-bond acceptors (Lipinski definition) is 4. The molecule has 0 radical (unpaired) electrons. The number of halogens is 3. The van der Waals surface area contributed by atoms with Crippen LogP contribution in [0.4, 0.5) is 13.2 Å². The van der Waals surface area contributed by atoms with Crippen molar-refractivity contribution in [2.45, 2.75) is 44.8 Å². The average molecular weight is 384 g/mol. The Balaban J connectivity index is 1.97. The van der Waals surface area contributed by atoms with Gasteiger partial charge >= 0.3 is 6.18 Å². The fourth-order valence-electron chi connectivity index (χ4n) is 3.40. The highest BCUT2D eigenvalue weighted by Gasteiger charge is 2.45. The van der Waals surface area contributed by atoms with Gasteiger partial charge in [0, 0.05) is 11.0 Å². The second-order valence-corrected chi connectivity index (χ2v) is 8.03. The largest absolute Gasteiger partial charge is 0.416 e. The SMILES string of the molecule is CC1(C)N=C(c2nnc3ccccc3n2)c2ccc(C(F)(F)F)cc2C1(C)C. The molecule has 2 heterocycles. The van der Waals surface area contributed by atoms with Gasteiger partial charge in [-0.2, -0.15) is 13.2 Å².